The highest BCUT2D eigenvalue weighted by molar-refractivity contribution is 5.69. The van der Waals surface area contributed by atoms with Gasteiger partial charge in [-0.25, -0.2) is 0 Å². The van der Waals surface area contributed by atoms with E-state index in [0.717, 1.165) is 11.1 Å². The fourth-order valence-electron chi connectivity index (χ4n) is 1.45. The third kappa shape index (κ3) is 2.62. The first-order valence-electron chi connectivity index (χ1n) is 5.18. The van der Waals surface area contributed by atoms with E-state index in [1.165, 1.54) is 5.56 Å². The Labute approximate surface area is 96.3 Å². The molecule has 76 valence electrons. The van der Waals surface area contributed by atoms with E-state index < -0.39 is 0 Å². The van der Waals surface area contributed by atoms with Crippen LogP contribution < -0.4 is 0 Å². The van der Waals surface area contributed by atoms with Gasteiger partial charge in [-0.15, -0.1) is 6.42 Å². The summed E-state index contributed by atoms with van der Waals surface area (Å²) in [4.78, 5) is 0. The predicted octanol–water partition coefficient (Wildman–Crippen LogP) is 3.84. The van der Waals surface area contributed by atoms with Crippen LogP contribution in [0.5, 0.6) is 0 Å². The Morgan fingerprint density at radius 1 is 0.750 bits per heavy atom. The number of hydrogen-bond donors (Lipinski definition) is 0. The lowest BCUT2D eigenvalue weighted by Gasteiger charge is -1.95. The Morgan fingerprint density at radius 2 is 1.31 bits per heavy atom. The maximum absolute atomic E-state index is 5.30. The summed E-state index contributed by atoms with van der Waals surface area (Å²) in [5.41, 5.74) is 3.27. The number of hydrogen-bond acceptors (Lipinski definition) is 0. The van der Waals surface area contributed by atoms with Crippen molar-refractivity contribution in [2.75, 3.05) is 0 Å². The number of terminal acetylenes is 1. The highest BCUT2D eigenvalue weighted by atomic mass is 13.9. The van der Waals surface area contributed by atoms with E-state index in [4.69, 9.17) is 6.42 Å². The van der Waals surface area contributed by atoms with Crippen LogP contribution in [0.15, 0.2) is 54.6 Å². The van der Waals surface area contributed by atoms with E-state index in [1.807, 2.05) is 42.5 Å². The van der Waals surface area contributed by atoms with Crippen molar-refractivity contribution in [2.45, 2.75) is 0 Å². The first kappa shape index (κ1) is 10.3. The van der Waals surface area contributed by atoms with E-state index >= 15 is 0 Å². The maximum atomic E-state index is 5.30. The second-order valence-electron chi connectivity index (χ2n) is 3.51. The van der Waals surface area contributed by atoms with Crippen molar-refractivity contribution in [3.63, 3.8) is 0 Å². The van der Waals surface area contributed by atoms with Crippen molar-refractivity contribution in [1.29, 1.82) is 0 Å². The van der Waals surface area contributed by atoms with E-state index in [9.17, 15) is 0 Å². The molecule has 2 aromatic rings. The van der Waals surface area contributed by atoms with E-state index in [2.05, 4.69) is 30.2 Å². The zero-order valence-corrected chi connectivity index (χ0v) is 8.93. The molecule has 0 nitrogen and oxygen atoms in total. The van der Waals surface area contributed by atoms with Gasteiger partial charge in [-0.3, -0.25) is 0 Å². The van der Waals surface area contributed by atoms with Gasteiger partial charge in [-0.05, 0) is 23.3 Å². The summed E-state index contributed by atoms with van der Waals surface area (Å²) < 4.78 is 0. The largest absolute Gasteiger partial charge is 0.115 e. The summed E-state index contributed by atoms with van der Waals surface area (Å²) in [6.45, 7) is 0. The second kappa shape index (κ2) is 5.00. The fraction of sp³-hybridized carbons (Fsp3) is 0. The molecule has 0 heterocycles. The summed E-state index contributed by atoms with van der Waals surface area (Å²) in [6.07, 6.45) is 9.46. The monoisotopic (exact) mass is 204 g/mol. The smallest absolute Gasteiger partial charge is 0.0243 e. The van der Waals surface area contributed by atoms with Gasteiger partial charge in [0.15, 0.2) is 0 Å². The quantitative estimate of drug-likeness (QED) is 0.515. The van der Waals surface area contributed by atoms with Gasteiger partial charge in [0.05, 0.1) is 0 Å². The predicted molar refractivity (Wildman–Crippen MR) is 69.7 cm³/mol. The van der Waals surface area contributed by atoms with E-state index in [0.29, 0.717) is 0 Å². The SMILES string of the molecule is C#Cc1ccc(/C=C/c2ccccc2)cc1. The number of rotatable bonds is 2. The highest BCUT2D eigenvalue weighted by Gasteiger charge is 1.88. The molecule has 0 N–H and O–H groups in total. The average Bonchev–Trinajstić information content (AvgIpc) is 2.38. The molecular formula is C16H12. The molecule has 0 aliphatic rings. The maximum Gasteiger partial charge on any atom is 0.0243 e. The molecule has 0 aliphatic heterocycles. The van der Waals surface area contributed by atoms with Crippen LogP contribution >= 0.6 is 0 Å². The minimum absolute atomic E-state index is 0.914. The van der Waals surface area contributed by atoms with Crippen LogP contribution in [0.4, 0.5) is 0 Å². The van der Waals surface area contributed by atoms with Crippen LogP contribution in [0, 0.1) is 12.3 Å². The average molecular weight is 204 g/mol. The van der Waals surface area contributed by atoms with E-state index in [-0.39, 0.29) is 0 Å². The van der Waals surface area contributed by atoms with Crippen LogP contribution in [0.3, 0.4) is 0 Å². The normalized spacial score (nSPS) is 10.2. The highest BCUT2D eigenvalue weighted by Crippen LogP contribution is 2.09. The molecule has 2 aromatic carbocycles. The van der Waals surface area contributed by atoms with Crippen molar-refractivity contribution < 1.29 is 0 Å². The molecule has 0 saturated carbocycles. The zero-order chi connectivity index (χ0) is 11.2. The van der Waals surface area contributed by atoms with Gasteiger partial charge in [-0.1, -0.05) is 60.5 Å². The Kier molecular flexibility index (Phi) is 3.21. The minimum atomic E-state index is 0.914. The molecule has 0 unspecified atom stereocenters. The van der Waals surface area contributed by atoms with Crippen LogP contribution in [0.25, 0.3) is 12.2 Å². The van der Waals surface area contributed by atoms with Gasteiger partial charge < -0.3 is 0 Å². The molecule has 0 spiro atoms. The van der Waals surface area contributed by atoms with Crippen molar-refractivity contribution in [2.24, 2.45) is 0 Å². The van der Waals surface area contributed by atoms with Crippen LogP contribution in [-0.4, -0.2) is 0 Å². The van der Waals surface area contributed by atoms with Gasteiger partial charge in [0, 0.05) is 5.56 Å². The van der Waals surface area contributed by atoms with E-state index in [1.54, 1.807) is 0 Å². The lowest BCUT2D eigenvalue weighted by Crippen LogP contribution is -1.75. The molecule has 0 fully saturated rings. The summed E-state index contributed by atoms with van der Waals surface area (Å²) >= 11 is 0. The van der Waals surface area contributed by atoms with Crippen molar-refractivity contribution in [3.8, 4) is 12.3 Å². The Morgan fingerprint density at radius 3 is 1.88 bits per heavy atom. The van der Waals surface area contributed by atoms with Gasteiger partial charge >= 0.3 is 0 Å². The lowest BCUT2D eigenvalue weighted by atomic mass is 10.1. The third-order valence-corrected chi connectivity index (χ3v) is 2.35. The topological polar surface area (TPSA) is 0 Å². The Hall–Kier alpha value is -2.26. The van der Waals surface area contributed by atoms with Crippen molar-refractivity contribution >= 4 is 12.2 Å². The van der Waals surface area contributed by atoms with Crippen LogP contribution in [-0.2, 0) is 0 Å². The second-order valence-corrected chi connectivity index (χ2v) is 3.51. The summed E-state index contributed by atoms with van der Waals surface area (Å²) in [7, 11) is 0. The molecule has 2 rings (SSSR count). The summed E-state index contributed by atoms with van der Waals surface area (Å²) in [5, 5.41) is 0. The summed E-state index contributed by atoms with van der Waals surface area (Å²) in [5.74, 6) is 2.60. The molecule has 0 bridgehead atoms. The molecule has 0 atom stereocenters. The zero-order valence-electron chi connectivity index (χ0n) is 8.93. The standard InChI is InChI=1S/C16H12/c1-2-14-8-10-16(11-9-14)13-12-15-6-4-3-5-7-15/h1,3-13H/b13-12+. The third-order valence-electron chi connectivity index (χ3n) is 2.35. The molecule has 0 heteroatoms. The summed E-state index contributed by atoms with van der Waals surface area (Å²) in [6, 6.07) is 18.2. The first-order chi connectivity index (χ1) is 7.88. The van der Waals surface area contributed by atoms with Gasteiger partial charge in [0.1, 0.15) is 0 Å². The lowest BCUT2D eigenvalue weighted by molar-refractivity contribution is 1.61. The van der Waals surface area contributed by atoms with Crippen molar-refractivity contribution in [3.05, 3.63) is 71.3 Å². The fourth-order valence-corrected chi connectivity index (χ4v) is 1.45. The first-order valence-corrected chi connectivity index (χ1v) is 5.18. The minimum Gasteiger partial charge on any atom is -0.115 e. The van der Waals surface area contributed by atoms with Gasteiger partial charge in [0.25, 0.3) is 0 Å². The molecule has 0 aromatic heterocycles. The van der Waals surface area contributed by atoms with Gasteiger partial charge in [0.2, 0.25) is 0 Å². The van der Waals surface area contributed by atoms with Crippen molar-refractivity contribution in [1.82, 2.24) is 0 Å². The Balaban J connectivity index is 2.15. The number of benzene rings is 2. The molecule has 0 amide bonds. The molecular weight excluding hydrogens is 192 g/mol. The molecule has 0 radical (unpaired) electrons. The van der Waals surface area contributed by atoms with Crippen LogP contribution in [0.2, 0.25) is 0 Å². The van der Waals surface area contributed by atoms with Crippen LogP contribution in [0.1, 0.15) is 16.7 Å². The molecule has 16 heavy (non-hydrogen) atoms. The van der Waals surface area contributed by atoms with Gasteiger partial charge in [-0.2, -0.15) is 0 Å². The molecule has 0 saturated heterocycles. The molecule has 0 aliphatic carbocycles. The Bertz CT molecular complexity index is 510.